The van der Waals surface area contributed by atoms with E-state index >= 15 is 0 Å². The lowest BCUT2D eigenvalue weighted by Gasteiger charge is -2.36. The van der Waals surface area contributed by atoms with E-state index < -0.39 is 0 Å². The molecule has 180 valence electrons. The lowest BCUT2D eigenvalue weighted by molar-refractivity contribution is 0.0747. The molecule has 0 aliphatic carbocycles. The number of carbonyl (C=O) groups is 2. The van der Waals surface area contributed by atoms with Crippen LogP contribution in [0.1, 0.15) is 27.9 Å². The van der Waals surface area contributed by atoms with Crippen LogP contribution in [-0.4, -0.2) is 61.0 Å². The minimum Gasteiger partial charge on any atom is -0.368 e. The van der Waals surface area contributed by atoms with Gasteiger partial charge in [0.25, 0.3) is 5.91 Å². The topological polar surface area (TPSA) is 47.1 Å². The highest BCUT2D eigenvalue weighted by Crippen LogP contribution is 2.23. The Kier molecular flexibility index (Phi) is 6.70. The predicted molar refractivity (Wildman–Crippen MR) is 140 cm³/mol. The van der Waals surface area contributed by atoms with E-state index in [1.807, 2.05) is 57.2 Å². The molecular weight excluding hydrogens is 436 g/mol. The van der Waals surface area contributed by atoms with Crippen molar-refractivity contribution in [3.05, 3.63) is 95.6 Å². The number of benzene rings is 3. The van der Waals surface area contributed by atoms with E-state index in [1.54, 1.807) is 0 Å². The molecule has 2 saturated heterocycles. The first-order valence-electron chi connectivity index (χ1n) is 12.4. The number of nitrogens with zero attached hydrogens (tertiary/aromatic N) is 4. The zero-order valence-electron chi connectivity index (χ0n) is 20.3. The van der Waals surface area contributed by atoms with Crippen LogP contribution < -0.4 is 9.80 Å². The molecule has 2 aliphatic heterocycles. The van der Waals surface area contributed by atoms with E-state index in [9.17, 15) is 9.59 Å². The Bertz CT molecular complexity index is 1150. The van der Waals surface area contributed by atoms with Gasteiger partial charge in [-0.1, -0.05) is 48.0 Å². The number of anilines is 2. The molecule has 5 rings (SSSR count). The van der Waals surface area contributed by atoms with E-state index in [-0.39, 0.29) is 11.9 Å². The summed E-state index contributed by atoms with van der Waals surface area (Å²) in [4.78, 5) is 34.2. The molecule has 0 saturated carbocycles. The summed E-state index contributed by atoms with van der Waals surface area (Å²) in [5.41, 5.74) is 5.07. The second kappa shape index (κ2) is 10.2. The standard InChI is InChI=1S/C29H32N4O2/c1-23-8-10-24(11-9-23)22-32-16-5-17-33(29(32)35)27-14-12-25(13-15-27)28(34)31-20-18-30(19-21-31)26-6-3-2-4-7-26/h2-4,6-15H,5,16-22H2,1H3. The number of rotatable bonds is 5. The third-order valence-electron chi connectivity index (χ3n) is 6.92. The number of aryl methyl sites for hydroxylation is 1. The summed E-state index contributed by atoms with van der Waals surface area (Å²) in [6.45, 7) is 7.19. The number of hydrogen-bond acceptors (Lipinski definition) is 3. The number of urea groups is 1. The van der Waals surface area contributed by atoms with Crippen molar-refractivity contribution in [3.63, 3.8) is 0 Å². The van der Waals surface area contributed by atoms with Crippen molar-refractivity contribution in [3.8, 4) is 0 Å². The molecule has 0 N–H and O–H groups in total. The molecule has 6 nitrogen and oxygen atoms in total. The van der Waals surface area contributed by atoms with Gasteiger partial charge in [0.1, 0.15) is 0 Å². The minimum atomic E-state index is 0.0212. The van der Waals surface area contributed by atoms with E-state index in [0.29, 0.717) is 31.7 Å². The van der Waals surface area contributed by atoms with Gasteiger partial charge in [-0.05, 0) is 55.3 Å². The molecule has 0 radical (unpaired) electrons. The first-order valence-corrected chi connectivity index (χ1v) is 12.4. The molecule has 0 aromatic heterocycles. The summed E-state index contributed by atoms with van der Waals surface area (Å²) in [6, 6.07) is 26.2. The molecule has 3 amide bonds. The second-order valence-corrected chi connectivity index (χ2v) is 9.36. The highest BCUT2D eigenvalue weighted by molar-refractivity contribution is 5.96. The van der Waals surface area contributed by atoms with E-state index in [4.69, 9.17) is 0 Å². The van der Waals surface area contributed by atoms with Crippen molar-refractivity contribution < 1.29 is 9.59 Å². The highest BCUT2D eigenvalue weighted by Gasteiger charge is 2.27. The van der Waals surface area contributed by atoms with Gasteiger partial charge in [0.15, 0.2) is 0 Å². The molecule has 3 aromatic rings. The fourth-order valence-electron chi connectivity index (χ4n) is 4.85. The van der Waals surface area contributed by atoms with Gasteiger partial charge in [-0.15, -0.1) is 0 Å². The van der Waals surface area contributed by atoms with Crippen LogP contribution in [0, 0.1) is 6.92 Å². The zero-order valence-corrected chi connectivity index (χ0v) is 20.3. The third kappa shape index (κ3) is 5.16. The lowest BCUT2D eigenvalue weighted by atomic mass is 10.1. The van der Waals surface area contributed by atoms with Crippen LogP contribution in [0.5, 0.6) is 0 Å². The molecule has 0 unspecified atom stereocenters. The maximum atomic E-state index is 13.2. The molecule has 3 aromatic carbocycles. The first kappa shape index (κ1) is 23.0. The zero-order chi connectivity index (χ0) is 24.2. The molecule has 35 heavy (non-hydrogen) atoms. The number of piperazine rings is 1. The van der Waals surface area contributed by atoms with Crippen molar-refractivity contribution >= 4 is 23.3 Å². The van der Waals surface area contributed by atoms with Crippen LogP contribution in [0.2, 0.25) is 0 Å². The molecule has 0 atom stereocenters. The molecule has 2 aliphatic rings. The Balaban J connectivity index is 1.20. The van der Waals surface area contributed by atoms with Crippen LogP contribution in [0.15, 0.2) is 78.9 Å². The molecule has 6 heteroatoms. The summed E-state index contributed by atoms with van der Waals surface area (Å²) in [5.74, 6) is 0.0511. The number of hydrogen-bond donors (Lipinski definition) is 0. The average molecular weight is 469 g/mol. The maximum Gasteiger partial charge on any atom is 0.324 e. The van der Waals surface area contributed by atoms with Gasteiger partial charge in [0, 0.05) is 62.8 Å². The Morgan fingerprint density at radius 2 is 1.43 bits per heavy atom. The van der Waals surface area contributed by atoms with Crippen molar-refractivity contribution in [2.75, 3.05) is 49.1 Å². The predicted octanol–water partition coefficient (Wildman–Crippen LogP) is 4.79. The quantitative estimate of drug-likeness (QED) is 0.541. The van der Waals surface area contributed by atoms with Crippen molar-refractivity contribution in [2.24, 2.45) is 0 Å². The summed E-state index contributed by atoms with van der Waals surface area (Å²) in [5, 5.41) is 0. The minimum absolute atomic E-state index is 0.0212. The Hall–Kier alpha value is -3.80. The number of amides is 3. The van der Waals surface area contributed by atoms with Crippen LogP contribution in [0.3, 0.4) is 0 Å². The van der Waals surface area contributed by atoms with E-state index in [1.165, 1.54) is 11.3 Å². The lowest BCUT2D eigenvalue weighted by Crippen LogP contribution is -2.49. The van der Waals surface area contributed by atoms with Crippen LogP contribution >= 0.6 is 0 Å². The molecule has 2 heterocycles. The van der Waals surface area contributed by atoms with Crippen molar-refractivity contribution in [1.29, 1.82) is 0 Å². The van der Waals surface area contributed by atoms with Crippen molar-refractivity contribution in [1.82, 2.24) is 9.80 Å². The highest BCUT2D eigenvalue weighted by atomic mass is 16.2. The Morgan fingerprint density at radius 1 is 0.743 bits per heavy atom. The molecule has 0 bridgehead atoms. The largest absolute Gasteiger partial charge is 0.368 e. The maximum absolute atomic E-state index is 13.2. The van der Waals surface area contributed by atoms with E-state index in [2.05, 4.69) is 48.2 Å². The van der Waals surface area contributed by atoms with Crippen LogP contribution in [0.4, 0.5) is 16.2 Å². The molecule has 2 fully saturated rings. The normalized spacial score (nSPS) is 16.5. The summed E-state index contributed by atoms with van der Waals surface area (Å²) in [7, 11) is 0. The van der Waals surface area contributed by atoms with E-state index in [0.717, 1.165) is 37.3 Å². The second-order valence-electron chi connectivity index (χ2n) is 9.36. The van der Waals surface area contributed by atoms with Gasteiger partial charge in [-0.3, -0.25) is 9.69 Å². The molecular formula is C29H32N4O2. The third-order valence-corrected chi connectivity index (χ3v) is 6.92. The summed E-state index contributed by atoms with van der Waals surface area (Å²) < 4.78 is 0. The van der Waals surface area contributed by atoms with Crippen molar-refractivity contribution in [2.45, 2.75) is 19.9 Å². The Morgan fingerprint density at radius 3 is 2.11 bits per heavy atom. The first-order chi connectivity index (χ1) is 17.1. The number of carbonyl (C=O) groups excluding carboxylic acids is 2. The van der Waals surface area contributed by atoms with Gasteiger partial charge in [0.05, 0.1) is 0 Å². The van der Waals surface area contributed by atoms with Gasteiger partial charge in [0.2, 0.25) is 0 Å². The van der Waals surface area contributed by atoms with Crippen LogP contribution in [0.25, 0.3) is 0 Å². The fraction of sp³-hybridized carbons (Fsp3) is 0.310. The molecule has 0 spiro atoms. The van der Waals surface area contributed by atoms with Crippen LogP contribution in [-0.2, 0) is 6.54 Å². The fourth-order valence-corrected chi connectivity index (χ4v) is 4.85. The average Bonchev–Trinajstić information content (AvgIpc) is 2.91. The Labute approximate surface area is 207 Å². The number of para-hydroxylation sites is 1. The van der Waals surface area contributed by atoms with Gasteiger partial charge in [-0.2, -0.15) is 0 Å². The van der Waals surface area contributed by atoms with Gasteiger partial charge >= 0.3 is 6.03 Å². The monoisotopic (exact) mass is 468 g/mol. The van der Waals surface area contributed by atoms with Gasteiger partial charge < -0.3 is 14.7 Å². The SMILES string of the molecule is Cc1ccc(CN2CCCN(c3ccc(C(=O)N4CCN(c5ccccc5)CC4)cc3)C2=O)cc1. The summed E-state index contributed by atoms with van der Waals surface area (Å²) in [6.07, 6.45) is 0.921. The van der Waals surface area contributed by atoms with Gasteiger partial charge in [-0.25, -0.2) is 4.79 Å². The smallest absolute Gasteiger partial charge is 0.324 e. The summed E-state index contributed by atoms with van der Waals surface area (Å²) >= 11 is 0.